The smallest absolute Gasteiger partial charge is 0.191 e. The van der Waals surface area contributed by atoms with Crippen molar-refractivity contribution in [1.82, 2.24) is 10.6 Å². The van der Waals surface area contributed by atoms with Crippen molar-refractivity contribution in [1.29, 1.82) is 0 Å². The molecule has 1 fully saturated rings. The summed E-state index contributed by atoms with van der Waals surface area (Å²) >= 11 is 0. The molecule has 19 heavy (non-hydrogen) atoms. The quantitative estimate of drug-likeness (QED) is 0.630. The molecule has 3 heteroatoms. The van der Waals surface area contributed by atoms with E-state index >= 15 is 0 Å². The van der Waals surface area contributed by atoms with Crippen LogP contribution in [0.5, 0.6) is 0 Å². The molecule has 1 unspecified atom stereocenters. The molecular weight excluding hydrogens is 234 g/mol. The molecule has 2 N–H and O–H groups in total. The average molecular weight is 259 g/mol. The standard InChI is InChI=1S/C16H25N3/c1-12-4-8-15(9-5-12)13(2)10-18-16(17-3)19-11-14-6-7-14/h4-5,8-9,13-14H,6-7,10-11H2,1-3H3,(H2,17,18,19). The maximum Gasteiger partial charge on any atom is 0.191 e. The zero-order valence-corrected chi connectivity index (χ0v) is 12.2. The molecule has 0 aromatic heterocycles. The van der Waals surface area contributed by atoms with Gasteiger partial charge >= 0.3 is 0 Å². The van der Waals surface area contributed by atoms with E-state index < -0.39 is 0 Å². The van der Waals surface area contributed by atoms with E-state index in [1.54, 1.807) is 0 Å². The van der Waals surface area contributed by atoms with Gasteiger partial charge in [0.2, 0.25) is 0 Å². The van der Waals surface area contributed by atoms with Gasteiger partial charge in [0, 0.05) is 20.1 Å². The minimum atomic E-state index is 0.486. The van der Waals surface area contributed by atoms with E-state index in [9.17, 15) is 0 Å². The topological polar surface area (TPSA) is 36.4 Å². The summed E-state index contributed by atoms with van der Waals surface area (Å²) in [4.78, 5) is 4.26. The van der Waals surface area contributed by atoms with Crippen molar-refractivity contribution in [3.63, 3.8) is 0 Å². The van der Waals surface area contributed by atoms with E-state index in [1.165, 1.54) is 24.0 Å². The first-order chi connectivity index (χ1) is 9.19. The molecule has 1 aliphatic rings. The highest BCUT2D eigenvalue weighted by molar-refractivity contribution is 5.79. The van der Waals surface area contributed by atoms with Crippen molar-refractivity contribution in [3.05, 3.63) is 35.4 Å². The molecule has 0 radical (unpaired) electrons. The van der Waals surface area contributed by atoms with Gasteiger partial charge in [0.1, 0.15) is 0 Å². The number of rotatable bonds is 5. The average Bonchev–Trinajstić information content (AvgIpc) is 3.23. The Morgan fingerprint density at radius 1 is 1.26 bits per heavy atom. The molecule has 0 saturated heterocycles. The van der Waals surface area contributed by atoms with Gasteiger partial charge in [-0.15, -0.1) is 0 Å². The Morgan fingerprint density at radius 2 is 1.95 bits per heavy atom. The van der Waals surface area contributed by atoms with Gasteiger partial charge in [-0.1, -0.05) is 36.8 Å². The summed E-state index contributed by atoms with van der Waals surface area (Å²) in [7, 11) is 1.83. The molecule has 0 amide bonds. The van der Waals surface area contributed by atoms with Gasteiger partial charge < -0.3 is 10.6 Å². The van der Waals surface area contributed by atoms with Gasteiger partial charge in [-0.05, 0) is 37.2 Å². The normalized spacial score (nSPS) is 17.1. The third-order valence-electron chi connectivity index (χ3n) is 3.70. The number of hydrogen-bond donors (Lipinski definition) is 2. The van der Waals surface area contributed by atoms with Gasteiger partial charge in [0.05, 0.1) is 0 Å². The maximum absolute atomic E-state index is 4.26. The van der Waals surface area contributed by atoms with E-state index in [-0.39, 0.29) is 0 Å². The number of benzene rings is 1. The number of aryl methyl sites for hydroxylation is 1. The highest BCUT2D eigenvalue weighted by Crippen LogP contribution is 2.27. The lowest BCUT2D eigenvalue weighted by Gasteiger charge is -2.16. The number of hydrogen-bond acceptors (Lipinski definition) is 1. The van der Waals surface area contributed by atoms with Crippen molar-refractivity contribution in [3.8, 4) is 0 Å². The molecule has 1 atom stereocenters. The highest BCUT2D eigenvalue weighted by Gasteiger charge is 2.21. The summed E-state index contributed by atoms with van der Waals surface area (Å²) in [5.74, 6) is 2.28. The van der Waals surface area contributed by atoms with Gasteiger partial charge in [0.15, 0.2) is 5.96 Å². The second kappa shape index (κ2) is 6.60. The van der Waals surface area contributed by atoms with Crippen LogP contribution in [0.2, 0.25) is 0 Å². The number of aliphatic imine (C=N–C) groups is 1. The van der Waals surface area contributed by atoms with Crippen LogP contribution in [0, 0.1) is 12.8 Å². The van der Waals surface area contributed by atoms with Crippen LogP contribution in [0.1, 0.15) is 36.8 Å². The summed E-state index contributed by atoms with van der Waals surface area (Å²) in [6.07, 6.45) is 2.73. The first kappa shape index (κ1) is 13.9. The number of nitrogens with zero attached hydrogens (tertiary/aromatic N) is 1. The molecule has 0 aliphatic heterocycles. The lowest BCUT2D eigenvalue weighted by Crippen LogP contribution is -2.39. The van der Waals surface area contributed by atoms with Gasteiger partial charge in [-0.3, -0.25) is 4.99 Å². The van der Waals surface area contributed by atoms with Crippen LogP contribution in [0.3, 0.4) is 0 Å². The second-order valence-electron chi connectivity index (χ2n) is 5.59. The van der Waals surface area contributed by atoms with Gasteiger partial charge in [-0.25, -0.2) is 0 Å². The summed E-state index contributed by atoms with van der Waals surface area (Å²) in [6, 6.07) is 8.77. The Hall–Kier alpha value is -1.51. The molecule has 0 spiro atoms. The van der Waals surface area contributed by atoms with Crippen molar-refractivity contribution < 1.29 is 0 Å². The first-order valence-corrected chi connectivity index (χ1v) is 7.20. The molecule has 1 aliphatic carbocycles. The van der Waals surface area contributed by atoms with Crippen LogP contribution in [0.4, 0.5) is 0 Å². The molecule has 2 rings (SSSR count). The van der Waals surface area contributed by atoms with Crippen molar-refractivity contribution in [2.75, 3.05) is 20.1 Å². The zero-order valence-electron chi connectivity index (χ0n) is 12.2. The van der Waals surface area contributed by atoms with Crippen LogP contribution in [-0.2, 0) is 0 Å². The summed E-state index contributed by atoms with van der Waals surface area (Å²) in [5.41, 5.74) is 2.68. The fourth-order valence-electron chi connectivity index (χ4n) is 2.05. The largest absolute Gasteiger partial charge is 0.356 e. The Bertz CT molecular complexity index is 418. The molecule has 1 aromatic carbocycles. The molecule has 1 saturated carbocycles. The SMILES string of the molecule is CN=C(NCC1CC1)NCC(C)c1ccc(C)cc1. The van der Waals surface area contributed by atoms with Gasteiger partial charge in [0.25, 0.3) is 0 Å². The number of guanidine groups is 1. The zero-order chi connectivity index (χ0) is 13.7. The fourth-order valence-corrected chi connectivity index (χ4v) is 2.05. The van der Waals surface area contributed by atoms with Crippen molar-refractivity contribution in [2.24, 2.45) is 10.9 Å². The summed E-state index contributed by atoms with van der Waals surface area (Å²) in [6.45, 7) is 6.33. The van der Waals surface area contributed by atoms with Gasteiger partial charge in [-0.2, -0.15) is 0 Å². The van der Waals surface area contributed by atoms with Crippen LogP contribution in [0.15, 0.2) is 29.3 Å². The number of nitrogens with one attached hydrogen (secondary N) is 2. The van der Waals surface area contributed by atoms with Crippen LogP contribution < -0.4 is 10.6 Å². The highest BCUT2D eigenvalue weighted by atomic mass is 15.2. The van der Waals surface area contributed by atoms with E-state index in [4.69, 9.17) is 0 Å². The third kappa shape index (κ3) is 4.58. The van der Waals surface area contributed by atoms with E-state index in [2.05, 4.69) is 53.7 Å². The third-order valence-corrected chi connectivity index (χ3v) is 3.70. The van der Waals surface area contributed by atoms with E-state index in [0.29, 0.717) is 5.92 Å². The fraction of sp³-hybridized carbons (Fsp3) is 0.562. The molecule has 3 nitrogen and oxygen atoms in total. The second-order valence-corrected chi connectivity index (χ2v) is 5.59. The summed E-state index contributed by atoms with van der Waals surface area (Å²) in [5, 5.41) is 6.79. The molecular formula is C16H25N3. The predicted molar refractivity (Wildman–Crippen MR) is 81.7 cm³/mol. The Kier molecular flexibility index (Phi) is 4.83. The van der Waals surface area contributed by atoms with Crippen LogP contribution in [0.25, 0.3) is 0 Å². The summed E-state index contributed by atoms with van der Waals surface area (Å²) < 4.78 is 0. The monoisotopic (exact) mass is 259 g/mol. The lowest BCUT2D eigenvalue weighted by molar-refractivity contribution is 0.685. The van der Waals surface area contributed by atoms with Crippen molar-refractivity contribution in [2.45, 2.75) is 32.6 Å². The predicted octanol–water partition coefficient (Wildman–Crippen LogP) is 2.67. The maximum atomic E-state index is 4.26. The first-order valence-electron chi connectivity index (χ1n) is 7.20. The Balaban J connectivity index is 1.77. The lowest BCUT2D eigenvalue weighted by atomic mass is 10.0. The van der Waals surface area contributed by atoms with Crippen LogP contribution >= 0.6 is 0 Å². The molecule has 0 heterocycles. The molecule has 0 bridgehead atoms. The minimum absolute atomic E-state index is 0.486. The minimum Gasteiger partial charge on any atom is -0.356 e. The molecule has 1 aromatic rings. The van der Waals surface area contributed by atoms with Crippen LogP contribution in [-0.4, -0.2) is 26.1 Å². The Labute approximate surface area is 116 Å². The van der Waals surface area contributed by atoms with E-state index in [0.717, 1.165) is 25.0 Å². The molecule has 104 valence electrons. The van der Waals surface area contributed by atoms with E-state index in [1.807, 2.05) is 7.05 Å². The Morgan fingerprint density at radius 3 is 2.53 bits per heavy atom. The van der Waals surface area contributed by atoms with Crippen molar-refractivity contribution >= 4 is 5.96 Å².